The molecule has 0 aliphatic carbocycles. The Hall–Kier alpha value is -0.610. The summed E-state index contributed by atoms with van der Waals surface area (Å²) in [5.74, 6) is 0.414. The number of carbonyl (C=O) groups is 1. The second kappa shape index (κ2) is 7.67. The second-order valence-electron chi connectivity index (χ2n) is 5.57. The van der Waals surface area contributed by atoms with Gasteiger partial charge in [-0.2, -0.15) is 0 Å². The Balaban J connectivity index is 4.31. The largest absolute Gasteiger partial charge is 0.395 e. The van der Waals surface area contributed by atoms with Crippen LogP contribution in [0.4, 0.5) is 0 Å². The topological polar surface area (TPSA) is 49.8 Å². The van der Waals surface area contributed by atoms with E-state index in [9.17, 15) is 4.79 Å². The number of methoxy groups -OCH3 is 1. The van der Waals surface area contributed by atoms with E-state index in [-0.39, 0.29) is 17.9 Å². The molecule has 1 N–H and O–H groups in total. The van der Waals surface area contributed by atoms with Gasteiger partial charge >= 0.3 is 0 Å². The standard InChI is InChI=1S/C13H27NO3/c1-11(13(2,3)4)10-12(16)14(6-8-15)7-9-17-5/h11,15H,6-10H2,1-5H3. The maximum absolute atomic E-state index is 12.1. The minimum atomic E-state index is -0.000642. The number of hydrogen-bond donors (Lipinski definition) is 1. The van der Waals surface area contributed by atoms with Crippen LogP contribution in [0, 0.1) is 11.3 Å². The van der Waals surface area contributed by atoms with Crippen LogP contribution in [0.25, 0.3) is 0 Å². The van der Waals surface area contributed by atoms with E-state index in [0.29, 0.717) is 32.0 Å². The lowest BCUT2D eigenvalue weighted by Gasteiger charge is -2.29. The molecule has 0 fully saturated rings. The van der Waals surface area contributed by atoms with Gasteiger partial charge < -0.3 is 14.7 Å². The number of aliphatic hydroxyl groups excluding tert-OH is 1. The quantitative estimate of drug-likeness (QED) is 0.740. The average Bonchev–Trinajstić information content (AvgIpc) is 2.22. The molecule has 1 unspecified atom stereocenters. The van der Waals surface area contributed by atoms with Crippen molar-refractivity contribution in [3.05, 3.63) is 0 Å². The van der Waals surface area contributed by atoms with E-state index in [1.165, 1.54) is 0 Å². The van der Waals surface area contributed by atoms with Crippen molar-refractivity contribution in [3.8, 4) is 0 Å². The lowest BCUT2D eigenvalue weighted by Crippen LogP contribution is -2.38. The van der Waals surface area contributed by atoms with Gasteiger partial charge in [0, 0.05) is 26.6 Å². The number of hydrogen-bond acceptors (Lipinski definition) is 3. The molecule has 1 amide bonds. The zero-order valence-electron chi connectivity index (χ0n) is 11.8. The number of amides is 1. The van der Waals surface area contributed by atoms with Crippen molar-refractivity contribution >= 4 is 5.91 Å². The van der Waals surface area contributed by atoms with Crippen LogP contribution in [-0.4, -0.2) is 49.3 Å². The highest BCUT2D eigenvalue weighted by Gasteiger charge is 2.24. The van der Waals surface area contributed by atoms with Crippen molar-refractivity contribution in [2.24, 2.45) is 11.3 Å². The molecule has 4 heteroatoms. The summed E-state index contributed by atoms with van der Waals surface area (Å²) in [5, 5.41) is 8.94. The first-order chi connectivity index (χ1) is 7.82. The van der Waals surface area contributed by atoms with Crippen LogP contribution in [-0.2, 0) is 9.53 Å². The summed E-state index contributed by atoms with van der Waals surface area (Å²) in [6, 6.07) is 0. The van der Waals surface area contributed by atoms with E-state index in [2.05, 4.69) is 27.7 Å². The van der Waals surface area contributed by atoms with E-state index < -0.39 is 0 Å². The summed E-state index contributed by atoms with van der Waals surface area (Å²) in [7, 11) is 1.61. The molecule has 0 heterocycles. The Bertz CT molecular complexity index is 223. The van der Waals surface area contributed by atoms with Gasteiger partial charge in [-0.15, -0.1) is 0 Å². The smallest absolute Gasteiger partial charge is 0.223 e. The number of carbonyl (C=O) groups excluding carboxylic acids is 1. The van der Waals surface area contributed by atoms with Crippen LogP contribution in [0.2, 0.25) is 0 Å². The Morgan fingerprint density at radius 3 is 2.35 bits per heavy atom. The van der Waals surface area contributed by atoms with Gasteiger partial charge in [0.1, 0.15) is 0 Å². The Kier molecular flexibility index (Phi) is 7.39. The van der Waals surface area contributed by atoms with Gasteiger partial charge in [0.2, 0.25) is 5.91 Å². The number of rotatable bonds is 7. The van der Waals surface area contributed by atoms with Crippen LogP contribution in [0.1, 0.15) is 34.1 Å². The molecule has 0 aromatic carbocycles. The number of aliphatic hydroxyl groups is 1. The minimum Gasteiger partial charge on any atom is -0.395 e. The van der Waals surface area contributed by atoms with Crippen LogP contribution in [0.15, 0.2) is 0 Å². The van der Waals surface area contributed by atoms with Crippen LogP contribution in [0.3, 0.4) is 0 Å². The van der Waals surface area contributed by atoms with Crippen molar-refractivity contribution in [1.29, 1.82) is 0 Å². The highest BCUT2D eigenvalue weighted by atomic mass is 16.5. The van der Waals surface area contributed by atoms with Crippen molar-refractivity contribution in [2.45, 2.75) is 34.1 Å². The molecule has 102 valence electrons. The number of ether oxygens (including phenoxy) is 1. The predicted octanol–water partition coefficient (Wildman–Crippen LogP) is 1.53. The lowest BCUT2D eigenvalue weighted by atomic mass is 9.80. The Morgan fingerprint density at radius 2 is 1.94 bits per heavy atom. The fourth-order valence-electron chi connectivity index (χ4n) is 1.38. The SMILES string of the molecule is COCCN(CCO)C(=O)CC(C)C(C)(C)C. The van der Waals surface area contributed by atoms with Gasteiger partial charge in [-0.05, 0) is 11.3 Å². The van der Waals surface area contributed by atoms with Gasteiger partial charge in [0.15, 0.2) is 0 Å². The minimum absolute atomic E-state index is 0.000642. The van der Waals surface area contributed by atoms with Crippen molar-refractivity contribution < 1.29 is 14.6 Å². The first kappa shape index (κ1) is 16.4. The molecular weight excluding hydrogens is 218 g/mol. The van der Waals surface area contributed by atoms with Crippen LogP contribution < -0.4 is 0 Å². The maximum Gasteiger partial charge on any atom is 0.223 e. The lowest BCUT2D eigenvalue weighted by molar-refractivity contribution is -0.134. The molecule has 0 aliphatic rings. The molecule has 0 saturated carbocycles. The molecule has 0 saturated heterocycles. The molecule has 0 bridgehead atoms. The normalized spacial score (nSPS) is 13.5. The molecule has 4 nitrogen and oxygen atoms in total. The van der Waals surface area contributed by atoms with Crippen LogP contribution >= 0.6 is 0 Å². The maximum atomic E-state index is 12.1. The third-order valence-corrected chi connectivity index (χ3v) is 3.25. The van der Waals surface area contributed by atoms with Crippen molar-refractivity contribution in [2.75, 3.05) is 33.4 Å². The first-order valence-corrected chi connectivity index (χ1v) is 6.20. The third-order valence-electron chi connectivity index (χ3n) is 3.25. The van der Waals surface area contributed by atoms with Gasteiger partial charge in [0.25, 0.3) is 0 Å². The number of nitrogens with zero attached hydrogens (tertiary/aromatic N) is 1. The Labute approximate surface area is 105 Å². The van der Waals surface area contributed by atoms with Gasteiger partial charge in [0.05, 0.1) is 13.2 Å². The zero-order valence-corrected chi connectivity index (χ0v) is 11.8. The molecule has 1 atom stereocenters. The van der Waals surface area contributed by atoms with E-state index in [1.807, 2.05) is 0 Å². The molecule has 0 aromatic rings. The zero-order chi connectivity index (χ0) is 13.5. The van der Waals surface area contributed by atoms with E-state index >= 15 is 0 Å². The van der Waals surface area contributed by atoms with Crippen molar-refractivity contribution in [3.63, 3.8) is 0 Å². The summed E-state index contributed by atoms with van der Waals surface area (Å²) >= 11 is 0. The summed E-state index contributed by atoms with van der Waals surface area (Å²) in [6.45, 7) is 9.94. The van der Waals surface area contributed by atoms with E-state index in [1.54, 1.807) is 12.0 Å². The molecular formula is C13H27NO3. The summed E-state index contributed by atoms with van der Waals surface area (Å²) < 4.78 is 4.97. The van der Waals surface area contributed by atoms with Gasteiger partial charge in [-0.1, -0.05) is 27.7 Å². The molecule has 0 spiro atoms. The second-order valence-corrected chi connectivity index (χ2v) is 5.57. The molecule has 17 heavy (non-hydrogen) atoms. The monoisotopic (exact) mass is 245 g/mol. The van der Waals surface area contributed by atoms with Gasteiger partial charge in [-0.25, -0.2) is 0 Å². The first-order valence-electron chi connectivity index (χ1n) is 6.20. The predicted molar refractivity (Wildman–Crippen MR) is 68.8 cm³/mol. The molecule has 0 radical (unpaired) electrons. The fraction of sp³-hybridized carbons (Fsp3) is 0.923. The van der Waals surface area contributed by atoms with E-state index in [0.717, 1.165) is 0 Å². The molecule has 0 aliphatic heterocycles. The third kappa shape index (κ3) is 6.64. The average molecular weight is 245 g/mol. The van der Waals surface area contributed by atoms with Crippen molar-refractivity contribution in [1.82, 2.24) is 4.90 Å². The summed E-state index contributed by atoms with van der Waals surface area (Å²) in [6.07, 6.45) is 0.521. The van der Waals surface area contributed by atoms with E-state index in [4.69, 9.17) is 9.84 Å². The van der Waals surface area contributed by atoms with Gasteiger partial charge in [-0.3, -0.25) is 4.79 Å². The molecule has 0 aromatic heterocycles. The fourth-order valence-corrected chi connectivity index (χ4v) is 1.38. The Morgan fingerprint density at radius 1 is 1.35 bits per heavy atom. The highest BCUT2D eigenvalue weighted by Crippen LogP contribution is 2.28. The highest BCUT2D eigenvalue weighted by molar-refractivity contribution is 5.76. The van der Waals surface area contributed by atoms with Crippen LogP contribution in [0.5, 0.6) is 0 Å². The molecule has 0 rings (SSSR count). The summed E-state index contributed by atoms with van der Waals surface area (Å²) in [4.78, 5) is 13.7. The summed E-state index contributed by atoms with van der Waals surface area (Å²) in [5.41, 5.74) is 0.127.